The normalized spacial score (nSPS) is 10.0. The molecule has 0 aliphatic rings. The second kappa shape index (κ2) is 8.25. The van der Waals surface area contributed by atoms with E-state index in [4.69, 9.17) is 22.1 Å². The molecule has 0 aliphatic heterocycles. The monoisotopic (exact) mass is 358 g/mol. The minimum atomic E-state index is -0.999. The maximum absolute atomic E-state index is 12.2. The van der Waals surface area contributed by atoms with Crippen molar-refractivity contribution in [1.82, 2.24) is 5.32 Å². The molecule has 0 atom stereocenters. The molecule has 25 heavy (non-hydrogen) atoms. The highest BCUT2D eigenvalue weighted by atomic mass is 32.1. The SMILES string of the molecule is CCOc1ccc(C(=O)NC(=S)Nc2ccc(C(=O)O)cc2C)cc1. The molecule has 2 aromatic carbocycles. The Morgan fingerprint density at radius 1 is 1.12 bits per heavy atom. The summed E-state index contributed by atoms with van der Waals surface area (Å²) in [5.41, 5.74) is 1.97. The van der Waals surface area contributed by atoms with Crippen LogP contribution in [0.25, 0.3) is 0 Å². The minimum Gasteiger partial charge on any atom is -0.494 e. The van der Waals surface area contributed by atoms with Crippen molar-refractivity contribution in [3.8, 4) is 5.75 Å². The highest BCUT2D eigenvalue weighted by Crippen LogP contribution is 2.17. The molecule has 6 nitrogen and oxygen atoms in total. The van der Waals surface area contributed by atoms with Gasteiger partial charge in [-0.1, -0.05) is 0 Å². The van der Waals surface area contributed by atoms with Crippen LogP contribution in [-0.4, -0.2) is 28.7 Å². The van der Waals surface area contributed by atoms with Crippen LogP contribution in [0.15, 0.2) is 42.5 Å². The fraction of sp³-hybridized carbons (Fsp3) is 0.167. The van der Waals surface area contributed by atoms with E-state index in [1.54, 1.807) is 37.3 Å². The van der Waals surface area contributed by atoms with Crippen molar-refractivity contribution in [2.24, 2.45) is 0 Å². The quantitative estimate of drug-likeness (QED) is 0.712. The van der Waals surface area contributed by atoms with E-state index in [9.17, 15) is 9.59 Å². The first-order valence-corrected chi connectivity index (χ1v) is 8.00. The summed E-state index contributed by atoms with van der Waals surface area (Å²) in [6, 6.07) is 11.3. The van der Waals surface area contributed by atoms with Gasteiger partial charge in [-0.15, -0.1) is 0 Å². The number of carboxylic acids is 1. The van der Waals surface area contributed by atoms with Crippen LogP contribution in [0.1, 0.15) is 33.2 Å². The lowest BCUT2D eigenvalue weighted by Crippen LogP contribution is -2.34. The fourth-order valence-electron chi connectivity index (χ4n) is 2.14. The van der Waals surface area contributed by atoms with Crippen LogP contribution in [0.2, 0.25) is 0 Å². The molecule has 0 aromatic heterocycles. The summed E-state index contributed by atoms with van der Waals surface area (Å²) in [7, 11) is 0. The number of hydrogen-bond acceptors (Lipinski definition) is 4. The van der Waals surface area contributed by atoms with Gasteiger partial charge in [-0.3, -0.25) is 10.1 Å². The van der Waals surface area contributed by atoms with E-state index in [2.05, 4.69) is 10.6 Å². The molecule has 0 radical (unpaired) electrons. The molecular formula is C18H18N2O4S. The second-order valence-corrected chi connectivity index (χ2v) is 5.61. The number of aromatic carboxylic acids is 1. The number of amides is 1. The Labute approximate surface area is 150 Å². The van der Waals surface area contributed by atoms with Gasteiger partial charge in [0, 0.05) is 11.3 Å². The van der Waals surface area contributed by atoms with Gasteiger partial charge in [-0.25, -0.2) is 4.79 Å². The average molecular weight is 358 g/mol. The van der Waals surface area contributed by atoms with Gasteiger partial charge in [0.2, 0.25) is 0 Å². The van der Waals surface area contributed by atoms with Crippen molar-refractivity contribution >= 4 is 34.9 Å². The minimum absolute atomic E-state index is 0.130. The maximum atomic E-state index is 12.2. The van der Waals surface area contributed by atoms with Gasteiger partial charge in [0.15, 0.2) is 5.11 Å². The summed E-state index contributed by atoms with van der Waals surface area (Å²) in [4.78, 5) is 23.1. The smallest absolute Gasteiger partial charge is 0.335 e. The molecule has 1 amide bonds. The largest absolute Gasteiger partial charge is 0.494 e. The highest BCUT2D eigenvalue weighted by Gasteiger charge is 2.10. The van der Waals surface area contributed by atoms with Crippen molar-refractivity contribution in [3.63, 3.8) is 0 Å². The van der Waals surface area contributed by atoms with Crippen LogP contribution in [0.3, 0.4) is 0 Å². The molecule has 130 valence electrons. The van der Waals surface area contributed by atoms with E-state index < -0.39 is 5.97 Å². The molecule has 3 N–H and O–H groups in total. The third-order valence-electron chi connectivity index (χ3n) is 3.38. The van der Waals surface area contributed by atoms with Crippen molar-refractivity contribution in [1.29, 1.82) is 0 Å². The third kappa shape index (κ3) is 5.02. The summed E-state index contributed by atoms with van der Waals surface area (Å²) >= 11 is 5.14. The molecule has 0 unspecified atom stereocenters. The first kappa shape index (κ1) is 18.4. The molecule has 7 heteroatoms. The van der Waals surface area contributed by atoms with Crippen molar-refractivity contribution < 1.29 is 19.4 Å². The number of benzene rings is 2. The van der Waals surface area contributed by atoms with E-state index in [0.29, 0.717) is 29.2 Å². The number of carbonyl (C=O) groups excluding carboxylic acids is 1. The van der Waals surface area contributed by atoms with E-state index in [1.165, 1.54) is 12.1 Å². The Morgan fingerprint density at radius 3 is 2.32 bits per heavy atom. The molecule has 0 heterocycles. The lowest BCUT2D eigenvalue weighted by Gasteiger charge is -2.12. The zero-order valence-corrected chi connectivity index (χ0v) is 14.6. The number of hydrogen-bond donors (Lipinski definition) is 3. The number of anilines is 1. The molecule has 2 rings (SSSR count). The lowest BCUT2D eigenvalue weighted by molar-refractivity contribution is 0.0696. The van der Waals surface area contributed by atoms with Crippen molar-refractivity contribution in [3.05, 3.63) is 59.2 Å². The Balaban J connectivity index is 1.99. The summed E-state index contributed by atoms with van der Waals surface area (Å²) in [5.74, 6) is -0.657. The Kier molecular flexibility index (Phi) is 6.08. The summed E-state index contributed by atoms with van der Waals surface area (Å²) in [6.45, 7) is 4.20. The van der Waals surface area contributed by atoms with Gasteiger partial charge in [0.25, 0.3) is 5.91 Å². The van der Waals surface area contributed by atoms with Gasteiger partial charge in [-0.2, -0.15) is 0 Å². The van der Waals surface area contributed by atoms with Crippen LogP contribution in [0, 0.1) is 6.92 Å². The van der Waals surface area contributed by atoms with Gasteiger partial charge in [-0.05, 0) is 74.1 Å². The third-order valence-corrected chi connectivity index (χ3v) is 3.58. The number of carboxylic acid groups (broad SMARTS) is 1. The number of nitrogens with one attached hydrogen (secondary N) is 2. The van der Waals surface area contributed by atoms with E-state index >= 15 is 0 Å². The Hall–Kier alpha value is -2.93. The second-order valence-electron chi connectivity index (χ2n) is 5.20. The highest BCUT2D eigenvalue weighted by molar-refractivity contribution is 7.80. The number of aryl methyl sites for hydroxylation is 1. The molecule has 0 spiro atoms. The number of thiocarbonyl (C=S) groups is 1. The van der Waals surface area contributed by atoms with Crippen LogP contribution in [0.4, 0.5) is 5.69 Å². The molecule has 0 bridgehead atoms. The van der Waals surface area contributed by atoms with Gasteiger partial charge < -0.3 is 15.2 Å². The molecule has 0 aliphatic carbocycles. The van der Waals surface area contributed by atoms with E-state index in [1.807, 2.05) is 6.92 Å². The van der Waals surface area contributed by atoms with Gasteiger partial charge >= 0.3 is 5.97 Å². The Morgan fingerprint density at radius 2 is 1.76 bits per heavy atom. The standard InChI is InChI=1S/C18H18N2O4S/c1-3-24-14-7-4-12(5-8-14)16(21)20-18(25)19-15-9-6-13(17(22)23)10-11(15)2/h4-10H,3H2,1-2H3,(H,22,23)(H2,19,20,21,25). The first-order valence-electron chi connectivity index (χ1n) is 7.60. The number of ether oxygens (including phenoxy) is 1. The van der Waals surface area contributed by atoms with Crippen LogP contribution in [-0.2, 0) is 0 Å². The van der Waals surface area contributed by atoms with Crippen molar-refractivity contribution in [2.45, 2.75) is 13.8 Å². The van der Waals surface area contributed by atoms with Crippen LogP contribution < -0.4 is 15.4 Å². The molecule has 0 saturated heterocycles. The average Bonchev–Trinajstić information content (AvgIpc) is 2.57. The Bertz CT molecular complexity index is 803. The van der Waals surface area contributed by atoms with E-state index in [-0.39, 0.29) is 16.6 Å². The van der Waals surface area contributed by atoms with Crippen LogP contribution in [0.5, 0.6) is 5.75 Å². The summed E-state index contributed by atoms with van der Waals surface area (Å²) in [6.07, 6.45) is 0. The number of rotatable bonds is 5. The number of carbonyl (C=O) groups is 2. The first-order chi connectivity index (χ1) is 11.9. The topological polar surface area (TPSA) is 87.7 Å². The van der Waals surface area contributed by atoms with Gasteiger partial charge in [0.1, 0.15) is 5.75 Å². The summed E-state index contributed by atoms with van der Waals surface area (Å²) in [5, 5.41) is 14.6. The molecule has 0 saturated carbocycles. The van der Waals surface area contributed by atoms with E-state index in [0.717, 1.165) is 0 Å². The molecule has 0 fully saturated rings. The van der Waals surface area contributed by atoms with Crippen LogP contribution >= 0.6 is 12.2 Å². The lowest BCUT2D eigenvalue weighted by atomic mass is 10.1. The fourth-order valence-corrected chi connectivity index (χ4v) is 2.34. The molecular weight excluding hydrogens is 340 g/mol. The van der Waals surface area contributed by atoms with Gasteiger partial charge in [0.05, 0.1) is 12.2 Å². The summed E-state index contributed by atoms with van der Waals surface area (Å²) < 4.78 is 5.33. The molecule has 2 aromatic rings. The zero-order chi connectivity index (χ0) is 18.4. The predicted octanol–water partition coefficient (Wildman–Crippen LogP) is 3.22. The predicted molar refractivity (Wildman–Crippen MR) is 99.4 cm³/mol. The van der Waals surface area contributed by atoms with Crippen molar-refractivity contribution in [2.75, 3.05) is 11.9 Å². The zero-order valence-electron chi connectivity index (χ0n) is 13.8. The maximum Gasteiger partial charge on any atom is 0.335 e.